The monoisotopic (exact) mass is 397 g/mol. The van der Waals surface area contributed by atoms with Crippen molar-refractivity contribution in [3.8, 4) is 10.4 Å². The van der Waals surface area contributed by atoms with Crippen LogP contribution >= 0.6 is 11.3 Å². The number of thiazole rings is 1. The average Bonchev–Trinajstić information content (AvgIpc) is 3.08. The van der Waals surface area contributed by atoms with Crippen LogP contribution in [0.25, 0.3) is 10.4 Å². The van der Waals surface area contributed by atoms with Crippen LogP contribution in [0.3, 0.4) is 0 Å². The lowest BCUT2D eigenvalue weighted by molar-refractivity contribution is -0.121. The third kappa shape index (κ3) is 5.47. The van der Waals surface area contributed by atoms with Crippen LogP contribution in [0.1, 0.15) is 22.7 Å². The van der Waals surface area contributed by atoms with E-state index in [0.717, 1.165) is 26.7 Å². The molecular formula is C22H24FN3OS. The molecule has 28 heavy (non-hydrogen) atoms. The molecule has 4 nitrogen and oxygen atoms in total. The van der Waals surface area contributed by atoms with Gasteiger partial charge < -0.3 is 11.1 Å². The maximum atomic E-state index is 13.1. The SMILES string of the molecule is Cc1nc(CCC(=O)NC(CN)Cc2ccccc2)sc1-c1ccc(F)cc1. The number of nitrogens with zero attached hydrogens (tertiary/aromatic N) is 1. The average molecular weight is 398 g/mol. The molecule has 0 radical (unpaired) electrons. The first-order valence-electron chi connectivity index (χ1n) is 9.30. The predicted molar refractivity (Wildman–Crippen MR) is 112 cm³/mol. The van der Waals surface area contributed by atoms with Gasteiger partial charge in [-0.15, -0.1) is 11.3 Å². The number of aryl methyl sites for hydroxylation is 2. The smallest absolute Gasteiger partial charge is 0.220 e. The van der Waals surface area contributed by atoms with Gasteiger partial charge in [-0.2, -0.15) is 0 Å². The lowest BCUT2D eigenvalue weighted by atomic mass is 10.1. The summed E-state index contributed by atoms with van der Waals surface area (Å²) >= 11 is 1.55. The highest BCUT2D eigenvalue weighted by Crippen LogP contribution is 2.30. The number of rotatable bonds is 8. The number of benzene rings is 2. The summed E-state index contributed by atoms with van der Waals surface area (Å²) in [5, 5.41) is 3.92. The second-order valence-electron chi connectivity index (χ2n) is 6.72. The molecule has 6 heteroatoms. The zero-order valence-electron chi connectivity index (χ0n) is 15.8. The molecule has 0 bridgehead atoms. The molecule has 0 spiro atoms. The molecule has 1 amide bonds. The zero-order valence-corrected chi connectivity index (χ0v) is 16.6. The molecule has 2 aromatic carbocycles. The lowest BCUT2D eigenvalue weighted by Gasteiger charge is -2.16. The molecule has 3 N–H and O–H groups in total. The van der Waals surface area contributed by atoms with E-state index in [1.165, 1.54) is 12.1 Å². The third-order valence-electron chi connectivity index (χ3n) is 4.49. The molecule has 3 aromatic rings. The van der Waals surface area contributed by atoms with Crippen molar-refractivity contribution in [2.75, 3.05) is 6.54 Å². The molecule has 3 rings (SSSR count). The van der Waals surface area contributed by atoms with Crippen LogP contribution < -0.4 is 11.1 Å². The summed E-state index contributed by atoms with van der Waals surface area (Å²) in [7, 11) is 0. The largest absolute Gasteiger partial charge is 0.352 e. The molecule has 146 valence electrons. The Morgan fingerprint density at radius 2 is 1.89 bits per heavy atom. The van der Waals surface area contributed by atoms with Gasteiger partial charge in [0.1, 0.15) is 5.82 Å². The van der Waals surface area contributed by atoms with Crippen LogP contribution in [0.4, 0.5) is 4.39 Å². The van der Waals surface area contributed by atoms with Crippen molar-refractivity contribution in [1.29, 1.82) is 0 Å². The molecule has 1 unspecified atom stereocenters. The number of nitrogens with two attached hydrogens (primary N) is 1. The second-order valence-corrected chi connectivity index (χ2v) is 7.80. The Morgan fingerprint density at radius 3 is 2.57 bits per heavy atom. The standard InChI is InChI=1S/C22H24FN3OS/c1-15-22(17-7-9-18(23)10-8-17)28-21(25-15)12-11-20(27)26-19(14-24)13-16-5-3-2-4-6-16/h2-10,19H,11-14,24H2,1H3,(H,26,27). The molecule has 0 fully saturated rings. The Hall–Kier alpha value is -2.57. The zero-order chi connectivity index (χ0) is 19.9. The van der Waals surface area contributed by atoms with E-state index in [-0.39, 0.29) is 17.8 Å². The normalized spacial score (nSPS) is 12.0. The summed E-state index contributed by atoms with van der Waals surface area (Å²) in [4.78, 5) is 17.9. The van der Waals surface area contributed by atoms with E-state index >= 15 is 0 Å². The first kappa shape index (κ1) is 20.2. The Bertz CT molecular complexity index is 909. The van der Waals surface area contributed by atoms with Crippen LogP contribution in [-0.2, 0) is 17.6 Å². The number of nitrogens with one attached hydrogen (secondary N) is 1. The molecule has 0 saturated heterocycles. The Kier molecular flexibility index (Phi) is 6.90. The minimum Gasteiger partial charge on any atom is -0.352 e. The van der Waals surface area contributed by atoms with Crippen molar-refractivity contribution in [2.24, 2.45) is 5.73 Å². The van der Waals surface area contributed by atoms with Crippen molar-refractivity contribution in [3.63, 3.8) is 0 Å². The van der Waals surface area contributed by atoms with Crippen LogP contribution in [0.5, 0.6) is 0 Å². The second kappa shape index (κ2) is 9.57. The summed E-state index contributed by atoms with van der Waals surface area (Å²) in [6.07, 6.45) is 1.65. The number of amides is 1. The van der Waals surface area contributed by atoms with Gasteiger partial charge in [-0.25, -0.2) is 9.37 Å². The molecule has 0 aliphatic carbocycles. The van der Waals surface area contributed by atoms with Crippen LogP contribution in [0, 0.1) is 12.7 Å². The van der Waals surface area contributed by atoms with Gasteiger partial charge in [-0.05, 0) is 36.6 Å². The summed E-state index contributed by atoms with van der Waals surface area (Å²) in [6, 6.07) is 16.3. The first-order valence-corrected chi connectivity index (χ1v) is 10.1. The fourth-order valence-corrected chi connectivity index (χ4v) is 4.11. The van der Waals surface area contributed by atoms with Gasteiger partial charge in [-0.3, -0.25) is 4.79 Å². The highest BCUT2D eigenvalue weighted by Gasteiger charge is 2.14. The fourth-order valence-electron chi connectivity index (χ4n) is 3.04. The molecule has 0 aliphatic rings. The van der Waals surface area contributed by atoms with Crippen molar-refractivity contribution in [2.45, 2.75) is 32.2 Å². The van der Waals surface area contributed by atoms with Gasteiger partial charge in [0.25, 0.3) is 0 Å². The van der Waals surface area contributed by atoms with Gasteiger partial charge in [-0.1, -0.05) is 42.5 Å². The summed E-state index contributed by atoms with van der Waals surface area (Å²) in [5.41, 5.74) is 8.82. The summed E-state index contributed by atoms with van der Waals surface area (Å²) in [6.45, 7) is 2.33. The predicted octanol–water partition coefficient (Wildman–Crippen LogP) is 3.88. The van der Waals surface area contributed by atoms with Crippen LogP contribution in [0.2, 0.25) is 0 Å². The van der Waals surface area contributed by atoms with E-state index in [0.29, 0.717) is 25.8 Å². The summed E-state index contributed by atoms with van der Waals surface area (Å²) < 4.78 is 13.1. The van der Waals surface area contributed by atoms with E-state index < -0.39 is 0 Å². The van der Waals surface area contributed by atoms with E-state index in [4.69, 9.17) is 5.73 Å². The molecule has 0 aliphatic heterocycles. The van der Waals surface area contributed by atoms with Crippen molar-refractivity contribution < 1.29 is 9.18 Å². The quantitative estimate of drug-likeness (QED) is 0.606. The van der Waals surface area contributed by atoms with Gasteiger partial charge >= 0.3 is 0 Å². The van der Waals surface area contributed by atoms with Gasteiger partial charge in [0.15, 0.2) is 0 Å². The fraction of sp³-hybridized carbons (Fsp3) is 0.273. The lowest BCUT2D eigenvalue weighted by Crippen LogP contribution is -2.41. The number of aromatic nitrogens is 1. The number of carbonyl (C=O) groups excluding carboxylic acids is 1. The van der Waals surface area contributed by atoms with Gasteiger partial charge in [0.05, 0.1) is 15.6 Å². The van der Waals surface area contributed by atoms with Crippen molar-refractivity contribution in [3.05, 3.63) is 76.7 Å². The number of hydrogen-bond donors (Lipinski definition) is 2. The topological polar surface area (TPSA) is 68.0 Å². The van der Waals surface area contributed by atoms with Gasteiger partial charge in [0.2, 0.25) is 5.91 Å². The minimum atomic E-state index is -0.257. The number of carbonyl (C=O) groups is 1. The maximum absolute atomic E-state index is 13.1. The molecular weight excluding hydrogens is 373 g/mol. The Balaban J connectivity index is 1.55. The van der Waals surface area contributed by atoms with E-state index in [1.807, 2.05) is 37.3 Å². The van der Waals surface area contributed by atoms with E-state index in [9.17, 15) is 9.18 Å². The van der Waals surface area contributed by atoms with Gasteiger partial charge in [0, 0.05) is 25.4 Å². The maximum Gasteiger partial charge on any atom is 0.220 e. The molecule has 1 heterocycles. The Morgan fingerprint density at radius 1 is 1.18 bits per heavy atom. The Labute approximate surface area is 168 Å². The highest BCUT2D eigenvalue weighted by atomic mass is 32.1. The summed E-state index contributed by atoms with van der Waals surface area (Å²) in [5.74, 6) is -0.282. The highest BCUT2D eigenvalue weighted by molar-refractivity contribution is 7.15. The molecule has 0 saturated carbocycles. The third-order valence-corrected chi connectivity index (χ3v) is 5.75. The van der Waals surface area contributed by atoms with Crippen LogP contribution in [0.15, 0.2) is 54.6 Å². The van der Waals surface area contributed by atoms with Crippen molar-refractivity contribution in [1.82, 2.24) is 10.3 Å². The minimum absolute atomic E-state index is 0.0254. The molecule has 1 atom stereocenters. The molecule has 1 aromatic heterocycles. The van der Waals surface area contributed by atoms with Crippen LogP contribution in [-0.4, -0.2) is 23.5 Å². The van der Waals surface area contributed by atoms with E-state index in [2.05, 4.69) is 10.3 Å². The number of hydrogen-bond acceptors (Lipinski definition) is 4. The number of halogens is 1. The van der Waals surface area contributed by atoms with E-state index in [1.54, 1.807) is 23.5 Å². The first-order chi connectivity index (χ1) is 13.5. The van der Waals surface area contributed by atoms with Crippen molar-refractivity contribution >= 4 is 17.2 Å².